The molecule has 0 fully saturated rings. The minimum absolute atomic E-state index is 0.111. The Kier molecular flexibility index (Phi) is 5.31. The summed E-state index contributed by atoms with van der Waals surface area (Å²) in [6.07, 6.45) is 4.37. The third-order valence-electron chi connectivity index (χ3n) is 4.73. The number of nitrogens with zero attached hydrogens (tertiary/aromatic N) is 1. The Morgan fingerprint density at radius 2 is 1.65 bits per heavy atom. The summed E-state index contributed by atoms with van der Waals surface area (Å²) in [6, 6.07) is 11.8. The molecular weight excluding hydrogens is 326 g/mol. The molecule has 1 heterocycles. The van der Waals surface area contributed by atoms with Crippen molar-refractivity contribution in [2.24, 2.45) is 7.05 Å². The number of fused-ring (bicyclic) bond motifs is 1. The van der Waals surface area contributed by atoms with Crippen LogP contribution in [0.5, 0.6) is 11.5 Å². The van der Waals surface area contributed by atoms with E-state index in [1.54, 1.807) is 14.2 Å². The van der Waals surface area contributed by atoms with Crippen molar-refractivity contribution in [2.75, 3.05) is 14.2 Å². The van der Waals surface area contributed by atoms with E-state index < -0.39 is 0 Å². The third-order valence-corrected chi connectivity index (χ3v) is 4.73. The summed E-state index contributed by atoms with van der Waals surface area (Å²) in [5, 5.41) is 0.807. The number of hydrogen-bond donors (Lipinski definition) is 0. The molecule has 0 aliphatic heterocycles. The van der Waals surface area contributed by atoms with Crippen LogP contribution in [0.2, 0.25) is 0 Å². The van der Waals surface area contributed by atoms with Gasteiger partial charge in [0.05, 0.1) is 19.7 Å². The maximum Gasteiger partial charge on any atom is 0.193 e. The van der Waals surface area contributed by atoms with Crippen molar-refractivity contribution in [2.45, 2.75) is 26.2 Å². The minimum atomic E-state index is 0.111. The highest BCUT2D eigenvalue weighted by molar-refractivity contribution is 5.85. The van der Waals surface area contributed by atoms with Crippen LogP contribution in [-0.4, -0.2) is 18.8 Å². The van der Waals surface area contributed by atoms with E-state index in [1.165, 1.54) is 0 Å². The molecule has 136 valence electrons. The summed E-state index contributed by atoms with van der Waals surface area (Å²) in [6.45, 7) is 2.12. The average molecular weight is 351 g/mol. The highest BCUT2D eigenvalue weighted by atomic mass is 16.5. The van der Waals surface area contributed by atoms with E-state index in [4.69, 9.17) is 9.47 Å². The zero-order valence-corrected chi connectivity index (χ0v) is 15.8. The van der Waals surface area contributed by atoms with Crippen LogP contribution in [0.1, 0.15) is 30.0 Å². The van der Waals surface area contributed by atoms with Gasteiger partial charge in [0.15, 0.2) is 5.43 Å². The maximum absolute atomic E-state index is 13.2. The molecule has 0 radical (unpaired) electrons. The smallest absolute Gasteiger partial charge is 0.193 e. The van der Waals surface area contributed by atoms with Gasteiger partial charge in [-0.05, 0) is 35.7 Å². The van der Waals surface area contributed by atoms with Gasteiger partial charge in [0.25, 0.3) is 0 Å². The lowest BCUT2D eigenvalue weighted by molar-refractivity contribution is 0.414. The van der Waals surface area contributed by atoms with E-state index in [1.807, 2.05) is 54.2 Å². The standard InChI is InChI=1S/C22H25NO3/c1-5-6-16-12-19(26-4)13-20-21(16)22(24)17(14-23(20)2)11-15-7-9-18(25-3)10-8-15/h7-10,12-14H,5-6,11H2,1-4H3. The van der Waals surface area contributed by atoms with Gasteiger partial charge >= 0.3 is 0 Å². The largest absolute Gasteiger partial charge is 0.497 e. The maximum atomic E-state index is 13.2. The van der Waals surface area contributed by atoms with Crippen molar-refractivity contribution in [3.8, 4) is 11.5 Å². The van der Waals surface area contributed by atoms with Crippen LogP contribution in [0.3, 0.4) is 0 Å². The molecule has 4 heteroatoms. The molecule has 0 bridgehead atoms. The first-order valence-electron chi connectivity index (χ1n) is 8.89. The molecule has 2 aromatic carbocycles. The Labute approximate surface area is 154 Å². The Morgan fingerprint density at radius 3 is 2.27 bits per heavy atom. The van der Waals surface area contributed by atoms with E-state index in [9.17, 15) is 4.79 Å². The highest BCUT2D eigenvalue weighted by Crippen LogP contribution is 2.25. The van der Waals surface area contributed by atoms with E-state index in [0.717, 1.165) is 51.9 Å². The third kappa shape index (κ3) is 3.45. The van der Waals surface area contributed by atoms with Crippen LogP contribution in [0.25, 0.3) is 10.9 Å². The number of rotatable bonds is 6. The predicted molar refractivity (Wildman–Crippen MR) is 106 cm³/mol. The van der Waals surface area contributed by atoms with Crippen LogP contribution >= 0.6 is 0 Å². The second-order valence-corrected chi connectivity index (χ2v) is 6.55. The number of methoxy groups -OCH3 is 2. The van der Waals surface area contributed by atoms with Gasteiger partial charge in [-0.15, -0.1) is 0 Å². The van der Waals surface area contributed by atoms with Crippen molar-refractivity contribution in [1.82, 2.24) is 4.57 Å². The number of pyridine rings is 1. The fourth-order valence-electron chi connectivity index (χ4n) is 3.39. The molecule has 4 nitrogen and oxygen atoms in total. The zero-order valence-electron chi connectivity index (χ0n) is 15.8. The summed E-state index contributed by atoms with van der Waals surface area (Å²) < 4.78 is 12.7. The van der Waals surface area contributed by atoms with Gasteiger partial charge in [-0.2, -0.15) is 0 Å². The molecule has 0 spiro atoms. The molecule has 1 aromatic heterocycles. The number of aromatic nitrogens is 1. The lowest BCUT2D eigenvalue weighted by Gasteiger charge is -2.14. The van der Waals surface area contributed by atoms with E-state index in [-0.39, 0.29) is 5.43 Å². The summed E-state index contributed by atoms with van der Waals surface area (Å²) >= 11 is 0. The van der Waals surface area contributed by atoms with Gasteiger partial charge in [0, 0.05) is 36.7 Å². The number of aryl methyl sites for hydroxylation is 2. The normalized spacial score (nSPS) is 10.9. The topological polar surface area (TPSA) is 40.5 Å². The van der Waals surface area contributed by atoms with Crippen molar-refractivity contribution in [3.63, 3.8) is 0 Å². The Morgan fingerprint density at radius 1 is 0.962 bits per heavy atom. The van der Waals surface area contributed by atoms with Crippen molar-refractivity contribution < 1.29 is 9.47 Å². The molecule has 0 amide bonds. The van der Waals surface area contributed by atoms with Gasteiger partial charge < -0.3 is 14.0 Å². The van der Waals surface area contributed by atoms with Crippen LogP contribution in [-0.2, 0) is 19.9 Å². The lowest BCUT2D eigenvalue weighted by Crippen LogP contribution is -2.16. The quantitative estimate of drug-likeness (QED) is 0.671. The van der Waals surface area contributed by atoms with Crippen molar-refractivity contribution in [1.29, 1.82) is 0 Å². The predicted octanol–water partition coefficient (Wildman–Crippen LogP) is 4.10. The SMILES string of the molecule is CCCc1cc(OC)cc2c1c(=O)c(Cc1ccc(OC)cc1)cn2C. The second kappa shape index (κ2) is 7.65. The first-order valence-corrected chi connectivity index (χ1v) is 8.89. The molecule has 0 aliphatic carbocycles. The zero-order chi connectivity index (χ0) is 18.7. The Hall–Kier alpha value is -2.75. The van der Waals surface area contributed by atoms with E-state index in [0.29, 0.717) is 6.42 Å². The molecule has 0 unspecified atom stereocenters. The number of hydrogen-bond acceptors (Lipinski definition) is 3. The molecule has 0 saturated heterocycles. The number of ether oxygens (including phenoxy) is 2. The van der Waals surface area contributed by atoms with Crippen molar-refractivity contribution >= 4 is 10.9 Å². The molecule has 0 atom stereocenters. The fourth-order valence-corrected chi connectivity index (χ4v) is 3.39. The van der Waals surface area contributed by atoms with Crippen molar-refractivity contribution in [3.05, 3.63) is 69.5 Å². The summed E-state index contributed by atoms with van der Waals surface area (Å²) in [4.78, 5) is 13.2. The van der Waals surface area contributed by atoms with Gasteiger partial charge in [0.2, 0.25) is 0 Å². The molecule has 0 N–H and O–H groups in total. The minimum Gasteiger partial charge on any atom is -0.497 e. The Bertz CT molecular complexity index is 971. The van der Waals surface area contributed by atoms with Gasteiger partial charge in [-0.1, -0.05) is 25.5 Å². The first-order chi connectivity index (χ1) is 12.6. The monoisotopic (exact) mass is 351 g/mol. The first kappa shape index (κ1) is 18.1. The lowest BCUT2D eigenvalue weighted by atomic mass is 9.98. The fraction of sp³-hybridized carbons (Fsp3) is 0.318. The summed E-state index contributed by atoms with van der Waals surface area (Å²) in [7, 11) is 5.29. The average Bonchev–Trinajstić information content (AvgIpc) is 2.66. The van der Waals surface area contributed by atoms with Crippen LogP contribution < -0.4 is 14.9 Å². The van der Waals surface area contributed by atoms with Crippen LogP contribution in [0, 0.1) is 0 Å². The highest BCUT2D eigenvalue weighted by Gasteiger charge is 2.14. The summed E-state index contributed by atoms with van der Waals surface area (Å²) in [5.41, 5.74) is 3.97. The molecule has 3 rings (SSSR count). The Balaban J connectivity index is 2.13. The van der Waals surface area contributed by atoms with Gasteiger partial charge in [-0.25, -0.2) is 0 Å². The molecular formula is C22H25NO3. The van der Waals surface area contributed by atoms with Crippen LogP contribution in [0.4, 0.5) is 0 Å². The van der Waals surface area contributed by atoms with E-state index in [2.05, 4.69) is 6.92 Å². The molecule has 0 aliphatic rings. The molecule has 0 saturated carbocycles. The van der Waals surface area contributed by atoms with Gasteiger partial charge in [-0.3, -0.25) is 4.79 Å². The molecule has 3 aromatic rings. The number of benzene rings is 2. The van der Waals surface area contributed by atoms with Gasteiger partial charge in [0.1, 0.15) is 11.5 Å². The summed E-state index contributed by atoms with van der Waals surface area (Å²) in [5.74, 6) is 1.61. The van der Waals surface area contributed by atoms with Crippen LogP contribution in [0.15, 0.2) is 47.4 Å². The molecule has 26 heavy (non-hydrogen) atoms. The second-order valence-electron chi connectivity index (χ2n) is 6.55. The van der Waals surface area contributed by atoms with E-state index >= 15 is 0 Å².